The Bertz CT molecular complexity index is 1060. The molecule has 1 aromatic heterocycles. The summed E-state index contributed by atoms with van der Waals surface area (Å²) < 4.78 is 51.9. The average molecular weight is 437 g/mol. The third-order valence-electron chi connectivity index (χ3n) is 4.40. The lowest BCUT2D eigenvalue weighted by Crippen LogP contribution is -2.18. The lowest BCUT2D eigenvalue weighted by atomic mass is 9.92. The molecule has 3 rings (SSSR count). The van der Waals surface area contributed by atoms with Crippen LogP contribution in [0, 0.1) is 5.82 Å². The van der Waals surface area contributed by atoms with Crippen molar-refractivity contribution in [3.8, 4) is 10.6 Å². The SMILES string of the molecule is O=C(Cc1csc(-c2ccc(C(F)(F)F)cc2)n1)CC(C(=O)O)c1ccccc1F. The minimum absolute atomic E-state index is 0.0675. The zero-order valence-corrected chi connectivity index (χ0v) is 16.1. The third-order valence-corrected chi connectivity index (χ3v) is 5.34. The van der Waals surface area contributed by atoms with Crippen LogP contribution in [0.25, 0.3) is 10.6 Å². The molecule has 1 unspecified atom stereocenters. The Kier molecular flexibility index (Phi) is 6.31. The summed E-state index contributed by atoms with van der Waals surface area (Å²) in [6.07, 6.45) is -4.99. The monoisotopic (exact) mass is 437 g/mol. The lowest BCUT2D eigenvalue weighted by molar-refractivity contribution is -0.140. The zero-order chi connectivity index (χ0) is 21.9. The lowest BCUT2D eigenvalue weighted by Gasteiger charge is -2.12. The van der Waals surface area contributed by atoms with Gasteiger partial charge in [-0.2, -0.15) is 13.2 Å². The van der Waals surface area contributed by atoms with Crippen LogP contribution >= 0.6 is 11.3 Å². The summed E-state index contributed by atoms with van der Waals surface area (Å²) in [6.45, 7) is 0. The molecule has 0 aliphatic heterocycles. The van der Waals surface area contributed by atoms with Crippen LogP contribution in [0.1, 0.15) is 29.2 Å². The van der Waals surface area contributed by atoms with Crippen molar-refractivity contribution in [2.45, 2.75) is 24.9 Å². The maximum atomic E-state index is 13.9. The molecule has 0 fully saturated rings. The van der Waals surface area contributed by atoms with Crippen LogP contribution in [0.3, 0.4) is 0 Å². The molecule has 9 heteroatoms. The standard InChI is InChI=1S/C21H15F4NO3S/c22-18-4-2-1-3-16(18)17(20(28)29)10-15(27)9-14-11-30-19(26-14)12-5-7-13(8-6-12)21(23,24)25/h1-8,11,17H,9-10H2,(H,28,29). The van der Waals surface area contributed by atoms with Crippen LogP contribution < -0.4 is 0 Å². The number of ketones is 1. The molecule has 0 saturated heterocycles. The maximum absolute atomic E-state index is 13.9. The quantitative estimate of drug-likeness (QED) is 0.507. The van der Waals surface area contributed by atoms with Gasteiger partial charge in [-0.15, -0.1) is 11.3 Å². The Balaban J connectivity index is 1.70. The van der Waals surface area contributed by atoms with Gasteiger partial charge in [-0.3, -0.25) is 9.59 Å². The number of carbonyl (C=O) groups is 2. The molecule has 3 aromatic rings. The van der Waals surface area contributed by atoms with Crippen molar-refractivity contribution in [3.05, 3.63) is 76.5 Å². The van der Waals surface area contributed by atoms with E-state index in [1.54, 1.807) is 5.38 Å². The van der Waals surface area contributed by atoms with E-state index in [1.165, 1.54) is 30.3 Å². The van der Waals surface area contributed by atoms with Crippen LogP contribution in [0.2, 0.25) is 0 Å². The van der Waals surface area contributed by atoms with Gasteiger partial charge < -0.3 is 5.11 Å². The molecular formula is C21H15F4NO3S. The number of aliphatic carboxylic acids is 1. The van der Waals surface area contributed by atoms with Crippen LogP contribution in [-0.2, 0) is 22.2 Å². The average Bonchev–Trinajstić information content (AvgIpc) is 3.14. The summed E-state index contributed by atoms with van der Waals surface area (Å²) in [4.78, 5) is 28.1. The Morgan fingerprint density at radius 1 is 1.07 bits per heavy atom. The Hall–Kier alpha value is -3.07. The van der Waals surface area contributed by atoms with Gasteiger partial charge in [-0.05, 0) is 18.2 Å². The highest BCUT2D eigenvalue weighted by Crippen LogP contribution is 2.32. The molecule has 0 aliphatic rings. The number of Topliss-reactive ketones (excluding diaryl/α,β-unsaturated/α-hetero) is 1. The second-order valence-electron chi connectivity index (χ2n) is 6.55. The molecule has 156 valence electrons. The minimum Gasteiger partial charge on any atom is -0.481 e. The van der Waals surface area contributed by atoms with E-state index in [0.717, 1.165) is 29.5 Å². The van der Waals surface area contributed by atoms with Gasteiger partial charge in [0.1, 0.15) is 16.6 Å². The summed E-state index contributed by atoms with van der Waals surface area (Å²) in [5.41, 5.74) is 0.00664. The van der Waals surface area contributed by atoms with Gasteiger partial charge in [0.05, 0.1) is 17.2 Å². The Morgan fingerprint density at radius 2 is 1.73 bits per heavy atom. The van der Waals surface area contributed by atoms with Gasteiger partial charge in [-0.1, -0.05) is 30.3 Å². The first kappa shape index (κ1) is 21.6. The number of carbonyl (C=O) groups excluding carboxylic acids is 1. The van der Waals surface area contributed by atoms with Crippen molar-refractivity contribution in [1.29, 1.82) is 0 Å². The van der Waals surface area contributed by atoms with Crippen LogP contribution in [0.15, 0.2) is 53.9 Å². The fraction of sp³-hybridized carbons (Fsp3) is 0.190. The molecule has 30 heavy (non-hydrogen) atoms. The summed E-state index contributed by atoms with van der Waals surface area (Å²) >= 11 is 1.16. The molecular weight excluding hydrogens is 422 g/mol. The van der Waals surface area contributed by atoms with Crippen LogP contribution in [0.4, 0.5) is 17.6 Å². The summed E-state index contributed by atoms with van der Waals surface area (Å²) in [7, 11) is 0. The number of alkyl halides is 3. The number of nitrogens with zero attached hydrogens (tertiary/aromatic N) is 1. The maximum Gasteiger partial charge on any atom is 0.416 e. The Morgan fingerprint density at radius 3 is 2.33 bits per heavy atom. The topological polar surface area (TPSA) is 67.3 Å². The summed E-state index contributed by atoms with van der Waals surface area (Å²) in [5, 5.41) is 11.4. The van der Waals surface area contributed by atoms with E-state index in [4.69, 9.17) is 0 Å². The molecule has 0 radical (unpaired) electrons. The summed E-state index contributed by atoms with van der Waals surface area (Å²) in [5.74, 6) is -3.75. The van der Waals surface area contributed by atoms with E-state index in [2.05, 4.69) is 4.98 Å². The normalized spacial score (nSPS) is 12.5. The number of benzene rings is 2. The molecule has 0 aliphatic carbocycles. The summed E-state index contributed by atoms with van der Waals surface area (Å²) in [6, 6.07) is 9.88. The minimum atomic E-state index is -4.43. The second-order valence-corrected chi connectivity index (χ2v) is 7.41. The molecule has 0 saturated carbocycles. The molecule has 1 heterocycles. The van der Waals surface area contributed by atoms with Crippen molar-refractivity contribution in [1.82, 2.24) is 4.98 Å². The van der Waals surface area contributed by atoms with Crippen molar-refractivity contribution < 1.29 is 32.3 Å². The van der Waals surface area contributed by atoms with Gasteiger partial charge in [0.2, 0.25) is 0 Å². The molecule has 0 spiro atoms. The van der Waals surface area contributed by atoms with E-state index in [-0.39, 0.29) is 12.0 Å². The van der Waals surface area contributed by atoms with Gasteiger partial charge in [0, 0.05) is 29.3 Å². The number of hydrogen-bond donors (Lipinski definition) is 1. The molecule has 0 amide bonds. The fourth-order valence-corrected chi connectivity index (χ4v) is 3.74. The van der Waals surface area contributed by atoms with Gasteiger partial charge >= 0.3 is 12.1 Å². The highest BCUT2D eigenvalue weighted by Gasteiger charge is 2.30. The number of carboxylic acids is 1. The van der Waals surface area contributed by atoms with Gasteiger partial charge in [0.15, 0.2) is 0 Å². The number of aromatic nitrogens is 1. The second kappa shape index (κ2) is 8.74. The zero-order valence-electron chi connectivity index (χ0n) is 15.3. The van der Waals surface area contributed by atoms with Crippen LogP contribution in [-0.4, -0.2) is 21.8 Å². The fourth-order valence-electron chi connectivity index (χ4n) is 2.91. The number of thiazole rings is 1. The molecule has 1 atom stereocenters. The highest BCUT2D eigenvalue weighted by molar-refractivity contribution is 7.13. The Labute approximate surface area is 172 Å². The molecule has 0 bridgehead atoms. The predicted molar refractivity (Wildman–Crippen MR) is 103 cm³/mol. The number of rotatable bonds is 7. The third kappa shape index (κ3) is 5.10. The van der Waals surface area contributed by atoms with E-state index in [0.29, 0.717) is 16.3 Å². The van der Waals surface area contributed by atoms with E-state index < -0.39 is 41.6 Å². The number of halogens is 4. The highest BCUT2D eigenvalue weighted by atomic mass is 32.1. The number of carboxylic acid groups (broad SMARTS) is 1. The largest absolute Gasteiger partial charge is 0.481 e. The van der Waals surface area contributed by atoms with Crippen molar-refractivity contribution >= 4 is 23.1 Å². The molecule has 1 N–H and O–H groups in total. The van der Waals surface area contributed by atoms with Crippen molar-refractivity contribution in [2.75, 3.05) is 0 Å². The van der Waals surface area contributed by atoms with Gasteiger partial charge in [-0.25, -0.2) is 9.37 Å². The van der Waals surface area contributed by atoms with Crippen LogP contribution in [0.5, 0.6) is 0 Å². The first-order valence-electron chi connectivity index (χ1n) is 8.76. The number of hydrogen-bond acceptors (Lipinski definition) is 4. The molecule has 4 nitrogen and oxygen atoms in total. The van der Waals surface area contributed by atoms with Crippen molar-refractivity contribution in [2.24, 2.45) is 0 Å². The van der Waals surface area contributed by atoms with Gasteiger partial charge in [0.25, 0.3) is 0 Å². The predicted octanol–water partition coefficient (Wildman–Crippen LogP) is 5.34. The first-order chi connectivity index (χ1) is 14.1. The van der Waals surface area contributed by atoms with E-state index in [9.17, 15) is 32.3 Å². The first-order valence-corrected chi connectivity index (χ1v) is 9.64. The van der Waals surface area contributed by atoms with E-state index in [1.807, 2.05) is 0 Å². The van der Waals surface area contributed by atoms with E-state index >= 15 is 0 Å². The van der Waals surface area contributed by atoms with Crippen molar-refractivity contribution in [3.63, 3.8) is 0 Å². The smallest absolute Gasteiger partial charge is 0.416 e. The molecule has 2 aromatic carbocycles.